The van der Waals surface area contributed by atoms with Crippen molar-refractivity contribution in [3.8, 4) is 11.5 Å². The maximum absolute atomic E-state index is 12.9. The van der Waals surface area contributed by atoms with E-state index in [4.69, 9.17) is 9.47 Å². The maximum Gasteiger partial charge on any atom is 0.272 e. The van der Waals surface area contributed by atoms with Crippen LogP contribution in [-0.2, 0) is 6.54 Å². The van der Waals surface area contributed by atoms with E-state index < -0.39 is 0 Å². The summed E-state index contributed by atoms with van der Waals surface area (Å²) < 4.78 is 12.5. The molecule has 0 atom stereocenters. The van der Waals surface area contributed by atoms with Crippen LogP contribution < -0.4 is 15.0 Å². The fraction of sp³-hybridized carbons (Fsp3) is 0.350. The molecular formula is C20H21N5O4. The number of H-pyrrole nitrogens is 1. The summed E-state index contributed by atoms with van der Waals surface area (Å²) in [7, 11) is 0. The molecule has 0 unspecified atom stereocenters. The van der Waals surface area contributed by atoms with Gasteiger partial charge in [0.1, 0.15) is 18.8 Å². The second-order valence-electron chi connectivity index (χ2n) is 7.18. The molecule has 3 aromatic rings. The van der Waals surface area contributed by atoms with E-state index in [1.807, 2.05) is 17.0 Å². The average molecular weight is 395 g/mol. The van der Waals surface area contributed by atoms with Crippen molar-refractivity contribution in [1.82, 2.24) is 24.4 Å². The van der Waals surface area contributed by atoms with Gasteiger partial charge in [0.05, 0.1) is 0 Å². The number of ether oxygens (including phenoxy) is 2. The standard InChI is InChI=1S/C20H21N5O4/c26-18-3-4-21-19-15(12-22-25(18)19)20(27)24-7-5-23(6-8-24)13-14-1-2-16-17(11-14)29-10-9-28-16/h1-4,11-12,22H,5-10,13H2. The molecule has 0 radical (unpaired) electrons. The van der Waals surface area contributed by atoms with Gasteiger partial charge in [0.2, 0.25) is 0 Å². The monoisotopic (exact) mass is 395 g/mol. The van der Waals surface area contributed by atoms with Crippen molar-refractivity contribution in [2.45, 2.75) is 6.54 Å². The topological polar surface area (TPSA) is 92.2 Å². The SMILES string of the molecule is O=C(c1c[nH]n2c(=O)ccnc12)N1CCN(Cc2ccc3c(c2)OCCO3)CC1. The van der Waals surface area contributed by atoms with E-state index in [1.165, 1.54) is 16.8 Å². The summed E-state index contributed by atoms with van der Waals surface area (Å²) in [6, 6.07) is 7.39. The van der Waals surface area contributed by atoms with Gasteiger partial charge in [-0.1, -0.05) is 6.07 Å². The number of carbonyl (C=O) groups is 1. The highest BCUT2D eigenvalue weighted by atomic mass is 16.6. The summed E-state index contributed by atoms with van der Waals surface area (Å²) >= 11 is 0. The van der Waals surface area contributed by atoms with E-state index in [0.717, 1.165) is 36.7 Å². The van der Waals surface area contributed by atoms with E-state index >= 15 is 0 Å². The fourth-order valence-corrected chi connectivity index (χ4v) is 3.80. The van der Waals surface area contributed by atoms with Crippen LogP contribution in [0.5, 0.6) is 11.5 Å². The smallest absolute Gasteiger partial charge is 0.272 e. The van der Waals surface area contributed by atoms with Crippen LogP contribution in [0.4, 0.5) is 0 Å². The number of carbonyl (C=O) groups excluding carboxylic acids is 1. The lowest BCUT2D eigenvalue weighted by molar-refractivity contribution is 0.0630. The van der Waals surface area contributed by atoms with Crippen molar-refractivity contribution in [2.24, 2.45) is 0 Å². The van der Waals surface area contributed by atoms with Crippen LogP contribution in [0, 0.1) is 0 Å². The summed E-state index contributed by atoms with van der Waals surface area (Å²) in [6.45, 7) is 4.75. The highest BCUT2D eigenvalue weighted by Crippen LogP contribution is 2.31. The van der Waals surface area contributed by atoms with Crippen LogP contribution in [0.3, 0.4) is 0 Å². The summed E-state index contributed by atoms with van der Waals surface area (Å²) in [5.74, 6) is 1.48. The number of piperazine rings is 1. The van der Waals surface area contributed by atoms with Crippen LogP contribution in [0.2, 0.25) is 0 Å². The molecule has 5 rings (SSSR count). The van der Waals surface area contributed by atoms with E-state index in [0.29, 0.717) is 37.5 Å². The number of nitrogens with one attached hydrogen (secondary N) is 1. The molecule has 1 saturated heterocycles. The van der Waals surface area contributed by atoms with Gasteiger partial charge in [-0.05, 0) is 17.7 Å². The zero-order valence-electron chi connectivity index (χ0n) is 15.8. The second-order valence-corrected chi connectivity index (χ2v) is 7.18. The van der Waals surface area contributed by atoms with E-state index in [-0.39, 0.29) is 11.5 Å². The Morgan fingerprint density at radius 3 is 2.69 bits per heavy atom. The molecule has 0 saturated carbocycles. The Hall–Kier alpha value is -3.33. The Balaban J connectivity index is 1.24. The molecule has 29 heavy (non-hydrogen) atoms. The minimum Gasteiger partial charge on any atom is -0.486 e. The molecule has 150 valence electrons. The van der Waals surface area contributed by atoms with Gasteiger partial charge in [0, 0.05) is 51.2 Å². The van der Waals surface area contributed by atoms with Gasteiger partial charge in [-0.25, -0.2) is 9.50 Å². The maximum atomic E-state index is 12.9. The summed E-state index contributed by atoms with van der Waals surface area (Å²) in [6.07, 6.45) is 2.97. The minimum atomic E-state index is -0.238. The summed E-state index contributed by atoms with van der Waals surface area (Å²) in [4.78, 5) is 33.1. The van der Waals surface area contributed by atoms with Gasteiger partial charge in [-0.3, -0.25) is 19.6 Å². The Bertz CT molecular complexity index is 1110. The van der Waals surface area contributed by atoms with Gasteiger partial charge < -0.3 is 14.4 Å². The number of fused-ring (bicyclic) bond motifs is 2. The Labute approximate surface area is 166 Å². The van der Waals surface area contributed by atoms with E-state index in [1.54, 1.807) is 6.20 Å². The summed E-state index contributed by atoms with van der Waals surface area (Å²) in [5.41, 5.74) is 1.71. The molecule has 2 aliphatic heterocycles. The fourth-order valence-electron chi connectivity index (χ4n) is 3.80. The van der Waals surface area contributed by atoms with Gasteiger partial charge >= 0.3 is 0 Å². The van der Waals surface area contributed by atoms with Crippen molar-refractivity contribution >= 4 is 11.6 Å². The molecule has 0 spiro atoms. The number of aromatic nitrogens is 3. The molecule has 1 fully saturated rings. The number of amides is 1. The van der Waals surface area contributed by atoms with Crippen molar-refractivity contribution < 1.29 is 14.3 Å². The molecule has 1 amide bonds. The van der Waals surface area contributed by atoms with Crippen LogP contribution >= 0.6 is 0 Å². The van der Waals surface area contributed by atoms with Crippen LogP contribution in [0.1, 0.15) is 15.9 Å². The molecule has 1 aromatic carbocycles. The van der Waals surface area contributed by atoms with Crippen molar-refractivity contribution in [3.05, 3.63) is 58.1 Å². The van der Waals surface area contributed by atoms with Gasteiger partial charge in [0.25, 0.3) is 11.5 Å². The first-order valence-electron chi connectivity index (χ1n) is 9.64. The molecule has 2 aromatic heterocycles. The number of hydrogen-bond donors (Lipinski definition) is 1. The van der Waals surface area contributed by atoms with Crippen LogP contribution in [0.15, 0.2) is 41.5 Å². The molecule has 0 aliphatic carbocycles. The molecule has 9 heteroatoms. The third-order valence-corrected chi connectivity index (χ3v) is 5.33. The molecule has 0 bridgehead atoms. The number of benzene rings is 1. The largest absolute Gasteiger partial charge is 0.486 e. The van der Waals surface area contributed by atoms with E-state index in [2.05, 4.69) is 21.0 Å². The Kier molecular flexibility index (Phi) is 4.44. The molecule has 4 heterocycles. The molecule has 9 nitrogen and oxygen atoms in total. The predicted octanol–water partition coefficient (Wildman–Crippen LogP) is 0.752. The summed E-state index contributed by atoms with van der Waals surface area (Å²) in [5, 5.41) is 2.80. The first-order valence-corrected chi connectivity index (χ1v) is 9.64. The van der Waals surface area contributed by atoms with Crippen molar-refractivity contribution in [1.29, 1.82) is 0 Å². The lowest BCUT2D eigenvalue weighted by atomic mass is 10.1. The number of hydrogen-bond acceptors (Lipinski definition) is 6. The Morgan fingerprint density at radius 1 is 1.07 bits per heavy atom. The Morgan fingerprint density at radius 2 is 1.86 bits per heavy atom. The number of nitrogens with zero attached hydrogens (tertiary/aromatic N) is 4. The first-order chi connectivity index (χ1) is 14.2. The third kappa shape index (κ3) is 3.33. The molecule has 2 aliphatic rings. The number of aromatic amines is 1. The average Bonchev–Trinajstić information content (AvgIpc) is 3.19. The highest BCUT2D eigenvalue weighted by Gasteiger charge is 2.25. The second kappa shape index (κ2) is 7.25. The van der Waals surface area contributed by atoms with Gasteiger partial charge in [-0.2, -0.15) is 0 Å². The zero-order valence-corrected chi connectivity index (χ0v) is 15.8. The quantitative estimate of drug-likeness (QED) is 0.704. The zero-order chi connectivity index (χ0) is 19.8. The van der Waals surface area contributed by atoms with Crippen molar-refractivity contribution in [3.63, 3.8) is 0 Å². The van der Waals surface area contributed by atoms with Gasteiger partial charge in [-0.15, -0.1) is 0 Å². The molecular weight excluding hydrogens is 374 g/mol. The lowest BCUT2D eigenvalue weighted by Gasteiger charge is -2.34. The van der Waals surface area contributed by atoms with E-state index in [9.17, 15) is 9.59 Å². The van der Waals surface area contributed by atoms with Crippen LogP contribution in [0.25, 0.3) is 5.65 Å². The minimum absolute atomic E-state index is 0.110. The molecule has 1 N–H and O–H groups in total. The predicted molar refractivity (Wildman–Crippen MR) is 104 cm³/mol. The lowest BCUT2D eigenvalue weighted by Crippen LogP contribution is -2.48. The number of rotatable bonds is 3. The van der Waals surface area contributed by atoms with Crippen molar-refractivity contribution in [2.75, 3.05) is 39.4 Å². The normalized spacial score (nSPS) is 16.9. The highest BCUT2D eigenvalue weighted by molar-refractivity contribution is 5.99. The van der Waals surface area contributed by atoms with Gasteiger partial charge in [0.15, 0.2) is 17.1 Å². The first kappa shape index (κ1) is 17.7. The third-order valence-electron chi connectivity index (χ3n) is 5.33. The van der Waals surface area contributed by atoms with Crippen LogP contribution in [-0.4, -0.2) is 69.7 Å².